The minimum atomic E-state index is 0. The molecule has 0 radical (unpaired) electrons. The summed E-state index contributed by atoms with van der Waals surface area (Å²) in [7, 11) is 3.10. The predicted molar refractivity (Wildman–Crippen MR) is 219 cm³/mol. The van der Waals surface area contributed by atoms with Crippen LogP contribution in [0.4, 0.5) is 0 Å². The lowest BCUT2D eigenvalue weighted by Gasteiger charge is -2.44. The highest BCUT2D eigenvalue weighted by Gasteiger charge is 2.56. The summed E-state index contributed by atoms with van der Waals surface area (Å²) in [5, 5.41) is 0. The van der Waals surface area contributed by atoms with Gasteiger partial charge in [-0.1, -0.05) is 150 Å². The normalized spacial score (nSPS) is 19.2. The SMILES string of the molecule is C.CC.CC.CC1(C)c2ccc(-c3ccc(-c4nc(C5CCCCC5)nc(C5CCCCC5)n4)cn3)cc2C(C)(C)C1(C)C.CSSS. The van der Waals surface area contributed by atoms with Gasteiger partial charge in [-0.15, -0.1) is 0 Å². The molecule has 0 aliphatic heterocycles. The van der Waals surface area contributed by atoms with Gasteiger partial charge in [-0.2, -0.15) is 0 Å². The van der Waals surface area contributed by atoms with Crippen LogP contribution in [0.2, 0.25) is 0 Å². The second-order valence-electron chi connectivity index (χ2n) is 14.4. The first-order valence-electron chi connectivity index (χ1n) is 18.2. The quantitative estimate of drug-likeness (QED) is 0.210. The van der Waals surface area contributed by atoms with Crippen molar-refractivity contribution >= 4 is 32.3 Å². The lowest BCUT2D eigenvalue weighted by molar-refractivity contribution is 0.125. The van der Waals surface area contributed by atoms with Gasteiger partial charge in [0.2, 0.25) is 0 Å². The van der Waals surface area contributed by atoms with Gasteiger partial charge in [-0.25, -0.2) is 15.0 Å². The van der Waals surface area contributed by atoms with E-state index in [0.717, 1.165) is 28.7 Å². The molecule has 2 saturated carbocycles. The summed E-state index contributed by atoms with van der Waals surface area (Å²) in [6.07, 6.45) is 16.6. The van der Waals surface area contributed by atoms with Crippen molar-refractivity contribution in [3.05, 3.63) is 59.3 Å². The molecule has 0 spiro atoms. The maximum absolute atomic E-state index is 5.10. The number of benzene rings is 1. The third-order valence-corrected chi connectivity index (χ3v) is 13.4. The van der Waals surface area contributed by atoms with E-state index in [-0.39, 0.29) is 23.7 Å². The fraction of sp³-hybridized carbons (Fsp3) is 0.659. The predicted octanol–water partition coefficient (Wildman–Crippen LogP) is 13.8. The number of hydrogen-bond acceptors (Lipinski definition) is 7. The first-order valence-corrected chi connectivity index (χ1v) is 21.8. The van der Waals surface area contributed by atoms with Crippen LogP contribution in [-0.2, 0) is 10.8 Å². The number of nitrogens with zero attached hydrogens (tertiary/aromatic N) is 4. The van der Waals surface area contributed by atoms with Crippen molar-refractivity contribution in [2.45, 2.75) is 164 Å². The summed E-state index contributed by atoms with van der Waals surface area (Å²) in [5.74, 6) is 3.80. The van der Waals surface area contributed by atoms with Crippen molar-refractivity contribution < 1.29 is 0 Å². The highest BCUT2D eigenvalue weighted by Crippen LogP contribution is 2.61. The zero-order valence-corrected chi connectivity index (χ0v) is 33.8. The number of thiol groups is 1. The summed E-state index contributed by atoms with van der Waals surface area (Å²) >= 11 is 3.80. The standard InChI is InChI=1S/C35H46N4.2C2H6.CH4S3.CH4/c1-33(2)27-19-17-25(21-28(27)34(3,4)35(33,5)6)29-20-18-26(22-36-29)32-38-30(23-13-9-7-10-14-23)37-31(39-32)24-15-11-8-12-16-24;2*1-2;1-3-4-2;/h17-24H,7-16H2,1-6H3;2*1-2H3;2H,1H3;1H4. The molecule has 0 atom stereocenters. The number of hydrogen-bond donors (Lipinski definition) is 1. The Morgan fingerprint density at radius 1 is 0.646 bits per heavy atom. The number of aromatic nitrogens is 4. The minimum Gasteiger partial charge on any atom is -0.255 e. The first-order chi connectivity index (χ1) is 22.5. The van der Waals surface area contributed by atoms with E-state index < -0.39 is 0 Å². The van der Waals surface area contributed by atoms with Crippen LogP contribution < -0.4 is 0 Å². The first kappa shape index (κ1) is 42.6. The topological polar surface area (TPSA) is 51.6 Å². The van der Waals surface area contributed by atoms with E-state index in [9.17, 15) is 0 Å². The van der Waals surface area contributed by atoms with Crippen molar-refractivity contribution in [1.82, 2.24) is 19.9 Å². The second kappa shape index (κ2) is 19.2. The van der Waals surface area contributed by atoms with Crippen LogP contribution in [-0.4, -0.2) is 26.2 Å². The van der Waals surface area contributed by atoms with Gasteiger partial charge in [0.05, 0.1) is 5.69 Å². The van der Waals surface area contributed by atoms with Crippen LogP contribution >= 0.6 is 32.3 Å². The molecule has 1 aromatic carbocycles. The van der Waals surface area contributed by atoms with Crippen LogP contribution in [0, 0.1) is 5.41 Å². The van der Waals surface area contributed by atoms with E-state index >= 15 is 0 Å². The summed E-state index contributed by atoms with van der Waals surface area (Å²) in [6, 6.07) is 11.3. The molecule has 48 heavy (non-hydrogen) atoms. The maximum atomic E-state index is 5.10. The summed E-state index contributed by atoms with van der Waals surface area (Å²) < 4.78 is 0. The van der Waals surface area contributed by atoms with Gasteiger partial charge in [-0.3, -0.25) is 4.98 Å². The monoisotopic (exact) mass is 710 g/mol. The van der Waals surface area contributed by atoms with E-state index in [0.29, 0.717) is 11.8 Å². The molecule has 2 heterocycles. The lowest BCUT2D eigenvalue weighted by atomic mass is 9.59. The molecule has 0 saturated heterocycles. The number of pyridine rings is 1. The molecule has 0 bridgehead atoms. The van der Waals surface area contributed by atoms with Crippen LogP contribution in [0.3, 0.4) is 0 Å². The molecule has 2 aromatic heterocycles. The van der Waals surface area contributed by atoms with Crippen molar-refractivity contribution in [3.63, 3.8) is 0 Å². The molecule has 6 rings (SSSR count). The second-order valence-corrected chi connectivity index (χ2v) is 17.6. The molecule has 0 amide bonds. The minimum absolute atomic E-state index is 0. The molecule has 0 N–H and O–H groups in total. The Balaban J connectivity index is 0.000000817. The van der Waals surface area contributed by atoms with E-state index in [2.05, 4.69) is 83.5 Å². The van der Waals surface area contributed by atoms with Gasteiger partial charge in [-0.05, 0) is 87.3 Å². The number of fused-ring (bicyclic) bond motifs is 1. The maximum Gasteiger partial charge on any atom is 0.164 e. The van der Waals surface area contributed by atoms with Gasteiger partial charge in [0.15, 0.2) is 5.82 Å². The van der Waals surface area contributed by atoms with E-state index in [1.165, 1.54) is 90.7 Å². The lowest BCUT2D eigenvalue weighted by Crippen LogP contribution is -2.42. The Morgan fingerprint density at radius 3 is 1.54 bits per heavy atom. The van der Waals surface area contributed by atoms with Crippen LogP contribution in [0.15, 0.2) is 36.5 Å². The molecule has 3 aliphatic carbocycles. The van der Waals surface area contributed by atoms with Crippen LogP contribution in [0.25, 0.3) is 22.6 Å². The molecule has 7 heteroatoms. The van der Waals surface area contributed by atoms with Gasteiger partial charge < -0.3 is 0 Å². The fourth-order valence-electron chi connectivity index (χ4n) is 7.54. The summed E-state index contributed by atoms with van der Waals surface area (Å²) in [6.45, 7) is 22.4. The zero-order valence-electron chi connectivity index (χ0n) is 31.2. The molecule has 3 aromatic rings. The highest BCUT2D eigenvalue weighted by atomic mass is 33.5. The third-order valence-electron chi connectivity index (χ3n) is 11.5. The molecular weight excluding hydrogens is 645 g/mol. The molecule has 268 valence electrons. The fourth-order valence-corrected chi connectivity index (χ4v) is 7.54. The Morgan fingerprint density at radius 2 is 1.10 bits per heavy atom. The smallest absolute Gasteiger partial charge is 0.164 e. The Kier molecular flexibility index (Phi) is 17.0. The third kappa shape index (κ3) is 9.01. The van der Waals surface area contributed by atoms with Crippen molar-refractivity contribution in [3.8, 4) is 22.6 Å². The molecular formula is C41H66N4S3. The molecule has 2 fully saturated rings. The zero-order chi connectivity index (χ0) is 34.8. The molecule has 3 aliphatic rings. The van der Waals surface area contributed by atoms with Crippen LogP contribution in [0.5, 0.6) is 0 Å². The van der Waals surface area contributed by atoms with E-state index in [1.54, 1.807) is 10.8 Å². The largest absolute Gasteiger partial charge is 0.255 e. The number of rotatable bonds is 5. The van der Waals surface area contributed by atoms with E-state index in [1.807, 2.05) is 40.1 Å². The summed E-state index contributed by atoms with van der Waals surface area (Å²) in [4.78, 5) is 20.2. The van der Waals surface area contributed by atoms with Gasteiger partial charge in [0.25, 0.3) is 0 Å². The average Bonchev–Trinajstić information content (AvgIpc) is 3.23. The van der Waals surface area contributed by atoms with Crippen molar-refractivity contribution in [2.24, 2.45) is 5.41 Å². The van der Waals surface area contributed by atoms with E-state index in [4.69, 9.17) is 19.9 Å². The molecule has 4 nitrogen and oxygen atoms in total. The van der Waals surface area contributed by atoms with Gasteiger partial charge >= 0.3 is 0 Å². The highest BCUT2D eigenvalue weighted by molar-refractivity contribution is 9.05. The molecule has 0 unspecified atom stereocenters. The van der Waals surface area contributed by atoms with Gasteiger partial charge in [0, 0.05) is 29.2 Å². The van der Waals surface area contributed by atoms with Gasteiger partial charge in [0.1, 0.15) is 11.6 Å². The Labute approximate surface area is 307 Å². The summed E-state index contributed by atoms with van der Waals surface area (Å²) in [5.41, 5.74) is 6.46. The van der Waals surface area contributed by atoms with Crippen LogP contribution in [0.1, 0.15) is 175 Å². The Hall–Kier alpha value is -1.57. The van der Waals surface area contributed by atoms with Crippen molar-refractivity contribution in [1.29, 1.82) is 0 Å². The Bertz CT molecular complexity index is 1350. The average molecular weight is 711 g/mol. The van der Waals surface area contributed by atoms with Crippen molar-refractivity contribution in [2.75, 3.05) is 6.26 Å².